The van der Waals surface area contributed by atoms with Crippen LogP contribution in [-0.2, 0) is 21.3 Å². The molecule has 0 bridgehead atoms. The maximum absolute atomic E-state index is 16.0. The third-order valence-corrected chi connectivity index (χ3v) is 10.4. The van der Waals surface area contributed by atoms with Gasteiger partial charge in [-0.1, -0.05) is 11.6 Å². The van der Waals surface area contributed by atoms with Gasteiger partial charge in [0, 0.05) is 62.5 Å². The number of methoxy groups -OCH3 is 3. The Balaban J connectivity index is 1.64. The van der Waals surface area contributed by atoms with Crippen molar-refractivity contribution in [2.45, 2.75) is 37.8 Å². The van der Waals surface area contributed by atoms with Crippen molar-refractivity contribution < 1.29 is 36.6 Å². The molecule has 0 aliphatic heterocycles. The van der Waals surface area contributed by atoms with E-state index in [4.69, 9.17) is 30.5 Å². The molecule has 0 fully saturated rings. The van der Waals surface area contributed by atoms with Gasteiger partial charge in [-0.3, -0.25) is 0 Å². The highest BCUT2D eigenvalue weighted by molar-refractivity contribution is 7.93. The van der Waals surface area contributed by atoms with Crippen molar-refractivity contribution in [1.29, 1.82) is 0 Å². The molecule has 0 aliphatic carbocycles. The van der Waals surface area contributed by atoms with Gasteiger partial charge in [-0.15, -0.1) is 11.3 Å². The van der Waals surface area contributed by atoms with E-state index in [9.17, 15) is 13.2 Å². The Hall–Kier alpha value is -4.47. The van der Waals surface area contributed by atoms with Gasteiger partial charge < -0.3 is 34.1 Å². The molecule has 1 amide bonds. The second-order valence-electron chi connectivity index (χ2n) is 12.1. The maximum Gasteiger partial charge on any atom is 0.410 e. The molecule has 16 heteroatoms. The summed E-state index contributed by atoms with van der Waals surface area (Å²) in [4.78, 5) is 19.4. The largest absolute Gasteiger partial charge is 0.497 e. The quantitative estimate of drug-likeness (QED) is 0.140. The number of hydrogen-bond acceptors (Lipinski definition) is 11. The van der Waals surface area contributed by atoms with Crippen LogP contribution in [0.3, 0.4) is 0 Å². The second kappa shape index (κ2) is 16.0. The van der Waals surface area contributed by atoms with E-state index in [-0.39, 0.29) is 22.4 Å². The number of sulfonamides is 1. The molecule has 0 saturated heterocycles. The number of thiazole rings is 1. The van der Waals surface area contributed by atoms with Crippen LogP contribution in [0.5, 0.6) is 17.2 Å². The first-order valence-electron chi connectivity index (χ1n) is 15.3. The predicted octanol–water partition coefficient (Wildman–Crippen LogP) is 7.40. The van der Waals surface area contributed by atoms with Crippen LogP contribution in [0.25, 0.3) is 0 Å². The summed E-state index contributed by atoms with van der Waals surface area (Å²) in [5, 5.41) is 4.85. The number of anilines is 4. The lowest BCUT2D eigenvalue weighted by atomic mass is 10.2. The zero-order chi connectivity index (χ0) is 36.8. The molecule has 1 heterocycles. The SMILES string of the molecule is COc1ccc(CN(c2nccs2)S(=O)(=O)c2cc(Cl)c(Nc3ccc(OC)cc3N(C)CCN(C)C(=O)OC(C)(C)C)cc2F)c(OC)c1. The lowest BCUT2D eigenvalue weighted by molar-refractivity contribution is 0.0303. The number of aromatic nitrogens is 1. The van der Waals surface area contributed by atoms with Crippen LogP contribution in [0.15, 0.2) is 65.0 Å². The summed E-state index contributed by atoms with van der Waals surface area (Å²) in [7, 11) is 3.44. The van der Waals surface area contributed by atoms with E-state index in [1.807, 2.05) is 11.9 Å². The van der Waals surface area contributed by atoms with Gasteiger partial charge in [0.1, 0.15) is 33.6 Å². The maximum atomic E-state index is 16.0. The monoisotopic (exact) mass is 749 g/mol. The van der Waals surface area contributed by atoms with Crippen LogP contribution in [0.4, 0.5) is 31.4 Å². The Labute approximate surface area is 301 Å². The van der Waals surface area contributed by atoms with Crippen molar-refractivity contribution >= 4 is 61.2 Å². The minimum absolute atomic E-state index is 0.0415. The fourth-order valence-electron chi connectivity index (χ4n) is 4.73. The first-order chi connectivity index (χ1) is 23.6. The molecule has 0 aliphatic rings. The molecule has 1 aromatic heterocycles. The van der Waals surface area contributed by atoms with Gasteiger partial charge in [-0.05, 0) is 51.1 Å². The van der Waals surface area contributed by atoms with Crippen LogP contribution in [0.2, 0.25) is 5.02 Å². The Bertz CT molecular complexity index is 1910. The Morgan fingerprint density at radius 3 is 2.26 bits per heavy atom. The highest BCUT2D eigenvalue weighted by Crippen LogP contribution is 2.38. The van der Waals surface area contributed by atoms with Gasteiger partial charge in [0.05, 0.1) is 50.0 Å². The van der Waals surface area contributed by atoms with Crippen molar-refractivity contribution in [2.24, 2.45) is 0 Å². The first kappa shape index (κ1) is 38.3. The van der Waals surface area contributed by atoms with Gasteiger partial charge in [-0.25, -0.2) is 26.9 Å². The predicted molar refractivity (Wildman–Crippen MR) is 195 cm³/mol. The zero-order valence-electron chi connectivity index (χ0n) is 29.1. The van der Waals surface area contributed by atoms with E-state index < -0.39 is 32.4 Å². The molecular weight excluding hydrogens is 709 g/mol. The highest BCUT2D eigenvalue weighted by atomic mass is 35.5. The summed E-state index contributed by atoms with van der Waals surface area (Å²) < 4.78 is 66.8. The molecule has 0 unspecified atom stereocenters. The number of halogens is 2. The molecule has 0 atom stereocenters. The average molecular weight is 750 g/mol. The third kappa shape index (κ3) is 9.20. The molecule has 0 saturated carbocycles. The van der Waals surface area contributed by atoms with Crippen LogP contribution in [0, 0.1) is 5.82 Å². The summed E-state index contributed by atoms with van der Waals surface area (Å²) in [5.41, 5.74) is 1.18. The molecule has 12 nitrogen and oxygen atoms in total. The van der Waals surface area contributed by atoms with E-state index in [0.29, 0.717) is 47.3 Å². The van der Waals surface area contributed by atoms with Crippen LogP contribution >= 0.6 is 22.9 Å². The molecule has 1 N–H and O–H groups in total. The van der Waals surface area contributed by atoms with Crippen molar-refractivity contribution in [1.82, 2.24) is 9.88 Å². The molecule has 0 radical (unpaired) electrons. The van der Waals surface area contributed by atoms with Gasteiger partial charge >= 0.3 is 6.09 Å². The van der Waals surface area contributed by atoms with Gasteiger partial charge in [0.25, 0.3) is 10.0 Å². The van der Waals surface area contributed by atoms with Gasteiger partial charge in [0.15, 0.2) is 5.13 Å². The molecule has 270 valence electrons. The van der Waals surface area contributed by atoms with E-state index in [2.05, 4.69) is 10.3 Å². The topological polar surface area (TPSA) is 123 Å². The van der Waals surface area contributed by atoms with Crippen molar-refractivity contribution in [2.75, 3.05) is 63.0 Å². The van der Waals surface area contributed by atoms with E-state index in [0.717, 1.165) is 27.8 Å². The fourth-order valence-corrected chi connectivity index (χ4v) is 7.35. The number of carbonyl (C=O) groups is 1. The van der Waals surface area contributed by atoms with Gasteiger partial charge in [0.2, 0.25) is 0 Å². The molecule has 50 heavy (non-hydrogen) atoms. The number of hydrogen-bond donors (Lipinski definition) is 1. The Kier molecular flexibility index (Phi) is 12.3. The lowest BCUT2D eigenvalue weighted by Gasteiger charge is -2.28. The van der Waals surface area contributed by atoms with Crippen molar-refractivity contribution in [3.63, 3.8) is 0 Å². The van der Waals surface area contributed by atoms with Gasteiger partial charge in [-0.2, -0.15) is 0 Å². The zero-order valence-corrected chi connectivity index (χ0v) is 31.5. The molecule has 0 spiro atoms. The summed E-state index contributed by atoms with van der Waals surface area (Å²) >= 11 is 7.74. The number of likely N-dealkylation sites (N-methyl/N-ethyl adjacent to an activating group) is 2. The normalized spacial score (nSPS) is 11.5. The van der Waals surface area contributed by atoms with E-state index in [1.165, 1.54) is 32.4 Å². The van der Waals surface area contributed by atoms with Crippen molar-refractivity contribution in [3.05, 3.63) is 76.5 Å². The van der Waals surface area contributed by atoms with Crippen molar-refractivity contribution in [3.8, 4) is 17.2 Å². The van der Waals surface area contributed by atoms with Crippen LogP contribution in [-0.4, -0.2) is 78.5 Å². The third-order valence-electron chi connectivity index (χ3n) is 7.39. The Morgan fingerprint density at radius 2 is 1.64 bits per heavy atom. The van der Waals surface area contributed by atoms with E-state index >= 15 is 4.39 Å². The smallest absolute Gasteiger partial charge is 0.410 e. The highest BCUT2D eigenvalue weighted by Gasteiger charge is 2.32. The number of ether oxygens (including phenoxy) is 4. The summed E-state index contributed by atoms with van der Waals surface area (Å²) in [6.07, 6.45) is 1.01. The standard InChI is InChI=1S/C34H41ClFN5O7S2/c1-34(2,3)48-33(42)40(5)15-14-39(4)29-17-23(45-6)11-12-27(29)38-28-20-26(36)31(19-25(28)35)50(43,44)41(32-37-13-16-49-32)21-22-9-10-24(46-7)18-30(22)47-8/h9-13,16-20,38H,14-15,21H2,1-8H3. The first-order valence-corrected chi connectivity index (χ1v) is 18.0. The summed E-state index contributed by atoms with van der Waals surface area (Å²) in [6, 6.07) is 12.3. The molecule has 3 aromatic carbocycles. The lowest BCUT2D eigenvalue weighted by Crippen LogP contribution is -2.38. The molecule has 4 rings (SSSR count). The number of nitrogens with one attached hydrogen (secondary N) is 1. The van der Waals surface area contributed by atoms with Crippen LogP contribution < -0.4 is 28.7 Å². The molecular formula is C34H41ClFN5O7S2. The minimum atomic E-state index is -4.53. The fraction of sp³-hybridized carbons (Fsp3) is 0.353. The minimum Gasteiger partial charge on any atom is -0.497 e. The number of carbonyl (C=O) groups excluding carboxylic acids is 1. The molecule has 4 aromatic rings. The van der Waals surface area contributed by atoms with Crippen LogP contribution in [0.1, 0.15) is 26.3 Å². The summed E-state index contributed by atoms with van der Waals surface area (Å²) in [6.45, 7) is 5.93. The number of amides is 1. The summed E-state index contributed by atoms with van der Waals surface area (Å²) in [5.74, 6) is 0.445. The average Bonchev–Trinajstić information content (AvgIpc) is 3.61. The number of benzene rings is 3. The number of rotatable bonds is 14. The van der Waals surface area contributed by atoms with E-state index in [1.54, 1.807) is 69.6 Å². The second-order valence-corrected chi connectivity index (χ2v) is 15.2. The number of nitrogens with zero attached hydrogens (tertiary/aromatic N) is 4. The Morgan fingerprint density at radius 1 is 0.960 bits per heavy atom.